The Morgan fingerprint density at radius 3 is 0.920 bits per heavy atom. The van der Waals surface area contributed by atoms with Crippen molar-refractivity contribution in [3.05, 3.63) is 237 Å². The summed E-state index contributed by atoms with van der Waals surface area (Å²) in [6.07, 6.45) is 12.5. The van der Waals surface area contributed by atoms with Crippen LogP contribution in [0.4, 0.5) is 0 Å². The number of pyridine rings is 8. The van der Waals surface area contributed by atoms with Gasteiger partial charge >= 0.3 is 0 Å². The van der Waals surface area contributed by atoms with Crippen molar-refractivity contribution in [2.45, 2.75) is 200 Å². The van der Waals surface area contributed by atoms with Crippen molar-refractivity contribution >= 4 is 88.3 Å². The van der Waals surface area contributed by atoms with Crippen LogP contribution in [-0.4, -0.2) is 19.9 Å². The molecule has 0 saturated heterocycles. The van der Waals surface area contributed by atoms with Crippen molar-refractivity contribution in [3.63, 3.8) is 0 Å². The number of aryl methyl sites for hydroxylation is 10. The van der Waals surface area contributed by atoms with Gasteiger partial charge in [0.25, 0.3) is 0 Å². The molecule has 0 spiro atoms. The molecule has 2 unspecified atom stereocenters. The van der Waals surface area contributed by atoms with E-state index in [1.807, 2.05) is 76.2 Å². The van der Waals surface area contributed by atoms with Gasteiger partial charge in [-0.2, -0.15) is 0 Å². The fourth-order valence-corrected chi connectivity index (χ4v) is 15.7. The highest BCUT2D eigenvalue weighted by molar-refractivity contribution is 6.12. The molecule has 2 atom stereocenters. The summed E-state index contributed by atoms with van der Waals surface area (Å²) in [4.78, 5) is 17.8. The van der Waals surface area contributed by atoms with E-state index < -0.39 is 81.4 Å². The predicted molar refractivity (Wildman–Crippen MR) is 463 cm³/mol. The lowest BCUT2D eigenvalue weighted by Crippen LogP contribution is -2.32. The van der Waals surface area contributed by atoms with E-state index in [0.717, 1.165) is 127 Å². The first kappa shape index (κ1) is 55.7. The molecule has 12 heterocycles. The zero-order valence-electron chi connectivity index (χ0n) is 89.9. The normalized spacial score (nSPS) is 16.8. The Kier molecular flexibility index (Phi) is 16.0. The average Bonchev–Trinajstić information content (AvgIpc) is 0.800. The Balaban J connectivity index is 0.000000153. The SMILES string of the molecule is Cc1ccc2c(n1)oc1c(-c3cc(C(C)C)c(CC(C)C)c[n+]3C)c(C)ccc12.Cc1ccc2c(oc3ncccc32)c1-c1cc(C(C)C)c(CC(C)C)c[n+]1C.[2H]C([2H])([2H])C([2H])(C)c1cc(-c2c(C)ccc3c2oc2nc(C)ccc23)[n+](C)cc1C([2H])(C([2H])([2H])[2H])C([2H])([2H])[2H].[2H]C([2H])([2H])C([2H])(C)c1cc(-c2c(C)ccc3c2oc2ncccc23)[n+](C)cc1C([2H])(C([2H])([2H])[2H])C([2H])([2H])[2H]. The summed E-state index contributed by atoms with van der Waals surface area (Å²) in [5, 5.41) is 7.41. The molecule has 112 heavy (non-hydrogen) atoms. The minimum absolute atomic E-state index is 0.354. The highest BCUT2D eigenvalue weighted by Crippen LogP contribution is 2.43. The van der Waals surface area contributed by atoms with Gasteiger partial charge in [-0.05, 0) is 195 Å². The van der Waals surface area contributed by atoms with Gasteiger partial charge in [0.1, 0.15) is 28.2 Å². The maximum absolute atomic E-state index is 8.85. The standard InChI is InChI=1S/C26H31N2O.2C25H29N2O.C24H27N2O/c1-15(2)12-19-14-28(7)23(13-22(19)16(3)4)24-17(5)8-10-20-21-11-9-18(6)27-26(21)29-25(20)24;1-14(2)20-12-22(27(7)13-21(20)15(3)4)23-16(5)8-10-18-19-11-9-17(6)26-25(19)28-24(18)23;1-15(2)12-18-14-27(6)22(13-21(18)16(3)4)23-17(5)9-10-19-20-8-7-11-26-25(20)28-24(19)23;1-14(2)19-12-21(26(6)13-20(19)15(3)4)22-16(5)9-10-17-18-8-7-11-25-24(18)27-23(17)22/h8-11,13-16H,12H2,1-7H3;8-15H,1-7H3;7-11,13-16H,12H2,1-6H3;7-15H,1-6H3/q4*+1/i;1D3,3D3,4D3,14D,15D;;1D3,3D3,4D3,14D,15D. The molecule has 0 N–H and O–H groups in total. The van der Waals surface area contributed by atoms with Crippen LogP contribution < -0.4 is 18.3 Å². The van der Waals surface area contributed by atoms with Gasteiger partial charge in [0.2, 0.25) is 45.6 Å². The Labute approximate surface area is 693 Å². The molecule has 0 fully saturated rings. The molecule has 16 aromatic rings. The number of hydrogen-bond acceptors (Lipinski definition) is 8. The van der Waals surface area contributed by atoms with Crippen molar-refractivity contribution in [1.29, 1.82) is 0 Å². The molecule has 0 radical (unpaired) electrons. The highest BCUT2D eigenvalue weighted by Gasteiger charge is 2.31. The fraction of sp³-hybridized carbons (Fsp3) is 0.360. The van der Waals surface area contributed by atoms with Crippen LogP contribution in [0.3, 0.4) is 0 Å². The van der Waals surface area contributed by atoms with E-state index in [-0.39, 0.29) is 5.56 Å². The smallest absolute Gasteiger partial charge is 0.227 e. The molecule has 0 bridgehead atoms. The molecule has 0 amide bonds. The van der Waals surface area contributed by atoms with Gasteiger partial charge in [-0.15, -0.1) is 0 Å². The molecule has 16 rings (SSSR count). The zero-order valence-corrected chi connectivity index (χ0v) is 67.9. The maximum atomic E-state index is 8.85. The molecule has 12 heteroatoms. The van der Waals surface area contributed by atoms with Crippen LogP contribution in [0.15, 0.2) is 176 Å². The largest absolute Gasteiger partial charge is 0.437 e. The molecule has 576 valence electrons. The molecular weight excluding hydrogens is 1380 g/mol. The summed E-state index contributed by atoms with van der Waals surface area (Å²) in [5.41, 5.74) is 20.9. The van der Waals surface area contributed by atoms with E-state index in [2.05, 4.69) is 179 Å². The van der Waals surface area contributed by atoms with Gasteiger partial charge in [-0.25, -0.2) is 38.2 Å². The third-order valence-corrected chi connectivity index (χ3v) is 21.2. The Morgan fingerprint density at radius 2 is 0.616 bits per heavy atom. The van der Waals surface area contributed by atoms with Crippen molar-refractivity contribution in [2.75, 3.05) is 0 Å². The highest BCUT2D eigenvalue weighted by atomic mass is 16.4. The Morgan fingerprint density at radius 1 is 0.330 bits per heavy atom. The topological polar surface area (TPSA) is 120 Å². The summed E-state index contributed by atoms with van der Waals surface area (Å²) >= 11 is 0. The molecule has 0 saturated carbocycles. The fourth-order valence-electron chi connectivity index (χ4n) is 15.7. The van der Waals surface area contributed by atoms with E-state index >= 15 is 0 Å². The number of benzene rings is 4. The van der Waals surface area contributed by atoms with Gasteiger partial charge < -0.3 is 17.7 Å². The first-order valence-electron chi connectivity index (χ1n) is 49.3. The third kappa shape index (κ3) is 15.4. The van der Waals surface area contributed by atoms with Gasteiger partial charge in [0.15, 0.2) is 47.1 Å². The first-order valence-corrected chi connectivity index (χ1v) is 38.3. The molecule has 12 aromatic heterocycles. The first-order chi connectivity index (χ1) is 62.0. The van der Waals surface area contributed by atoms with E-state index in [1.54, 1.807) is 25.5 Å². The second-order valence-corrected chi connectivity index (χ2v) is 31.5. The quantitative estimate of drug-likeness (QED) is 0.0988. The van der Waals surface area contributed by atoms with E-state index in [9.17, 15) is 0 Å². The average molecular weight is 1520 g/mol. The zero-order chi connectivity index (χ0) is 99.0. The van der Waals surface area contributed by atoms with Gasteiger partial charge in [-0.1, -0.05) is 159 Å². The number of aromatic nitrogens is 8. The summed E-state index contributed by atoms with van der Waals surface area (Å²) in [6, 6.07) is 39.1. The minimum atomic E-state index is -3.37. The molecule has 0 aliphatic heterocycles. The van der Waals surface area contributed by atoms with Crippen LogP contribution in [0, 0.1) is 53.4 Å². The van der Waals surface area contributed by atoms with Gasteiger partial charge in [0.05, 0.1) is 22.3 Å². The van der Waals surface area contributed by atoms with E-state index in [4.69, 9.17) is 47.8 Å². The van der Waals surface area contributed by atoms with Crippen LogP contribution in [0.5, 0.6) is 0 Å². The van der Waals surface area contributed by atoms with Crippen molar-refractivity contribution in [3.8, 4) is 45.0 Å². The minimum Gasteiger partial charge on any atom is -0.437 e. The Hall–Kier alpha value is -10.7. The molecule has 0 aliphatic rings. The second-order valence-electron chi connectivity index (χ2n) is 31.5. The third-order valence-electron chi connectivity index (χ3n) is 21.2. The second kappa shape index (κ2) is 32.2. The van der Waals surface area contributed by atoms with Crippen molar-refractivity contribution in [2.24, 2.45) is 40.0 Å². The van der Waals surface area contributed by atoms with Crippen molar-refractivity contribution in [1.82, 2.24) is 19.9 Å². The number of hydrogen-bond donors (Lipinski definition) is 0. The Bertz CT molecular complexity index is 7210. The molecular formula is C100H116N8O4+4. The number of rotatable bonds is 14. The van der Waals surface area contributed by atoms with Crippen LogP contribution in [0.2, 0.25) is 0 Å². The van der Waals surface area contributed by atoms with Crippen LogP contribution in [0.1, 0.15) is 254 Å². The maximum Gasteiger partial charge on any atom is 0.227 e. The lowest BCUT2D eigenvalue weighted by atomic mass is 9.90. The van der Waals surface area contributed by atoms with Crippen LogP contribution in [-0.2, 0) is 41.0 Å². The summed E-state index contributed by atoms with van der Waals surface area (Å²) in [7, 11) is 7.37. The monoisotopic (exact) mass is 1520 g/mol. The number of furan rings is 4. The lowest BCUT2D eigenvalue weighted by Gasteiger charge is -2.16. The lowest BCUT2D eigenvalue weighted by molar-refractivity contribution is -0.661. The summed E-state index contributed by atoms with van der Waals surface area (Å²) in [5.74, 6) is -9.10. The molecule has 0 aliphatic carbocycles. The van der Waals surface area contributed by atoms with Crippen LogP contribution in [0.25, 0.3) is 133 Å². The predicted octanol–water partition coefficient (Wildman–Crippen LogP) is 24.9. The number of nitrogens with zero attached hydrogens (tertiary/aromatic N) is 8. The van der Waals surface area contributed by atoms with E-state index in [1.165, 1.54) is 78.6 Å². The van der Waals surface area contributed by atoms with E-state index in [0.29, 0.717) is 74.5 Å². The molecule has 4 aromatic carbocycles. The number of fused-ring (bicyclic) bond motifs is 12. The molecule has 12 nitrogen and oxygen atoms in total. The van der Waals surface area contributed by atoms with Crippen LogP contribution >= 0.6 is 0 Å². The van der Waals surface area contributed by atoms with Gasteiger partial charge in [0, 0.05) is 144 Å². The summed E-state index contributed by atoms with van der Waals surface area (Å²) < 4.78 is 212. The van der Waals surface area contributed by atoms with Gasteiger partial charge in [-0.3, -0.25) is 0 Å². The summed E-state index contributed by atoms with van der Waals surface area (Å²) in [6.45, 7) is 12.7. The van der Waals surface area contributed by atoms with Crippen molar-refractivity contribution < 1.29 is 66.1 Å².